The minimum atomic E-state index is -0.240. The molecule has 1 aromatic rings. The lowest BCUT2D eigenvalue weighted by Gasteiger charge is -2.20. The Hall–Kier alpha value is -1.40. The normalized spacial score (nSPS) is 13.1. The molecule has 0 radical (unpaired) electrons. The molecule has 20 heavy (non-hydrogen) atoms. The summed E-state index contributed by atoms with van der Waals surface area (Å²) in [6, 6.07) is 3.96. The summed E-state index contributed by atoms with van der Waals surface area (Å²) < 4.78 is 16.0. The van der Waals surface area contributed by atoms with Crippen LogP contribution in [-0.4, -0.2) is 38.6 Å². The van der Waals surface area contributed by atoms with Gasteiger partial charge in [-0.25, -0.2) is 0 Å². The standard InChI is InChI=1S/C14H19NO4S/c1-3-17-14(16)9-15-8-10-6-11-12(7-13(10)20-2)19-5-4-18-11/h6-7,15H,3-5,8-9H2,1-2H3. The summed E-state index contributed by atoms with van der Waals surface area (Å²) in [5.41, 5.74) is 1.09. The first-order valence-electron chi connectivity index (χ1n) is 6.57. The number of rotatable bonds is 6. The van der Waals surface area contributed by atoms with Gasteiger partial charge in [0.05, 0.1) is 13.2 Å². The minimum absolute atomic E-state index is 0.204. The average molecular weight is 297 g/mol. The number of benzene rings is 1. The van der Waals surface area contributed by atoms with Gasteiger partial charge in [0.15, 0.2) is 11.5 Å². The predicted molar refractivity (Wildman–Crippen MR) is 77.6 cm³/mol. The lowest BCUT2D eigenvalue weighted by molar-refractivity contribution is -0.142. The molecule has 110 valence electrons. The second-order valence-corrected chi connectivity index (χ2v) is 5.06. The Labute approximate surface area is 123 Å². The maximum atomic E-state index is 11.3. The molecule has 0 amide bonds. The lowest BCUT2D eigenvalue weighted by atomic mass is 10.2. The Morgan fingerprint density at radius 1 is 1.35 bits per heavy atom. The van der Waals surface area contributed by atoms with E-state index in [0.717, 1.165) is 22.0 Å². The molecule has 0 atom stereocenters. The van der Waals surface area contributed by atoms with Crippen molar-refractivity contribution in [2.75, 3.05) is 32.6 Å². The van der Waals surface area contributed by atoms with Gasteiger partial charge >= 0.3 is 5.97 Å². The molecule has 0 fully saturated rings. The Kier molecular flexibility index (Phi) is 5.55. The van der Waals surface area contributed by atoms with Crippen LogP contribution in [0.15, 0.2) is 17.0 Å². The van der Waals surface area contributed by atoms with Crippen molar-refractivity contribution in [1.29, 1.82) is 0 Å². The zero-order valence-electron chi connectivity index (χ0n) is 11.7. The number of thioether (sulfide) groups is 1. The summed E-state index contributed by atoms with van der Waals surface area (Å²) >= 11 is 1.65. The average Bonchev–Trinajstić information content (AvgIpc) is 2.46. The van der Waals surface area contributed by atoms with Crippen LogP contribution < -0.4 is 14.8 Å². The van der Waals surface area contributed by atoms with Gasteiger partial charge in [-0.15, -0.1) is 11.8 Å². The van der Waals surface area contributed by atoms with Gasteiger partial charge in [0.25, 0.3) is 0 Å². The molecule has 0 saturated heterocycles. The molecule has 5 nitrogen and oxygen atoms in total. The van der Waals surface area contributed by atoms with Crippen molar-refractivity contribution < 1.29 is 19.0 Å². The SMILES string of the molecule is CCOC(=O)CNCc1cc2c(cc1SC)OCCO2. The van der Waals surface area contributed by atoms with Gasteiger partial charge in [-0.3, -0.25) is 4.79 Å². The fraction of sp³-hybridized carbons (Fsp3) is 0.500. The molecule has 1 N–H and O–H groups in total. The molecule has 1 heterocycles. The third-order valence-electron chi connectivity index (χ3n) is 2.84. The number of nitrogens with one attached hydrogen (secondary N) is 1. The maximum Gasteiger partial charge on any atom is 0.319 e. The molecule has 0 aliphatic carbocycles. The van der Waals surface area contributed by atoms with E-state index in [1.807, 2.05) is 18.4 Å². The summed E-state index contributed by atoms with van der Waals surface area (Å²) in [4.78, 5) is 12.4. The van der Waals surface area contributed by atoms with E-state index in [9.17, 15) is 4.79 Å². The Morgan fingerprint density at radius 3 is 2.70 bits per heavy atom. The molecule has 1 aliphatic rings. The van der Waals surface area contributed by atoms with Gasteiger partial charge in [0.2, 0.25) is 0 Å². The summed E-state index contributed by atoms with van der Waals surface area (Å²) in [6.45, 7) is 4.15. The highest BCUT2D eigenvalue weighted by atomic mass is 32.2. The zero-order valence-corrected chi connectivity index (χ0v) is 12.5. The van der Waals surface area contributed by atoms with Gasteiger partial charge in [0.1, 0.15) is 13.2 Å². The highest BCUT2D eigenvalue weighted by Crippen LogP contribution is 2.36. The van der Waals surface area contributed by atoms with Crippen LogP contribution in [0, 0.1) is 0 Å². The van der Waals surface area contributed by atoms with Crippen LogP contribution in [0.4, 0.5) is 0 Å². The number of fused-ring (bicyclic) bond motifs is 1. The van der Waals surface area contributed by atoms with Gasteiger partial charge in [-0.2, -0.15) is 0 Å². The van der Waals surface area contributed by atoms with Crippen molar-refractivity contribution in [3.05, 3.63) is 17.7 Å². The summed E-state index contributed by atoms with van der Waals surface area (Å²) in [6.07, 6.45) is 2.01. The number of carbonyl (C=O) groups excluding carboxylic acids is 1. The third kappa shape index (κ3) is 3.80. The quantitative estimate of drug-likeness (QED) is 0.638. The minimum Gasteiger partial charge on any atom is -0.486 e. The van der Waals surface area contributed by atoms with Gasteiger partial charge < -0.3 is 19.5 Å². The molecule has 1 aromatic carbocycles. The third-order valence-corrected chi connectivity index (χ3v) is 3.66. The van der Waals surface area contributed by atoms with E-state index >= 15 is 0 Å². The molecule has 6 heteroatoms. The molecule has 0 aromatic heterocycles. The lowest BCUT2D eigenvalue weighted by Crippen LogP contribution is -2.24. The van der Waals surface area contributed by atoms with Crippen LogP contribution in [-0.2, 0) is 16.1 Å². The van der Waals surface area contributed by atoms with E-state index < -0.39 is 0 Å². The smallest absolute Gasteiger partial charge is 0.319 e. The van der Waals surface area contributed by atoms with E-state index in [2.05, 4.69) is 5.32 Å². The fourth-order valence-corrected chi connectivity index (χ4v) is 2.57. The van der Waals surface area contributed by atoms with Crippen LogP contribution in [0.3, 0.4) is 0 Å². The van der Waals surface area contributed by atoms with E-state index in [1.165, 1.54) is 0 Å². The van der Waals surface area contributed by atoms with Crippen LogP contribution in [0.5, 0.6) is 11.5 Å². The molecule has 1 aliphatic heterocycles. The van der Waals surface area contributed by atoms with Crippen LogP contribution in [0.2, 0.25) is 0 Å². The number of esters is 1. The second-order valence-electron chi connectivity index (χ2n) is 4.22. The van der Waals surface area contributed by atoms with E-state index in [4.69, 9.17) is 14.2 Å². The van der Waals surface area contributed by atoms with Gasteiger partial charge in [-0.1, -0.05) is 0 Å². The Morgan fingerprint density at radius 2 is 2.05 bits per heavy atom. The number of carbonyl (C=O) groups is 1. The van der Waals surface area contributed by atoms with Crippen LogP contribution in [0.25, 0.3) is 0 Å². The number of hydrogen-bond acceptors (Lipinski definition) is 6. The fourth-order valence-electron chi connectivity index (χ4n) is 1.95. The molecule has 0 spiro atoms. The first-order valence-corrected chi connectivity index (χ1v) is 7.80. The monoisotopic (exact) mass is 297 g/mol. The maximum absolute atomic E-state index is 11.3. The van der Waals surface area contributed by atoms with Crippen molar-refractivity contribution >= 4 is 17.7 Å². The Bertz CT molecular complexity index is 478. The van der Waals surface area contributed by atoms with Crippen molar-refractivity contribution in [2.45, 2.75) is 18.4 Å². The van der Waals surface area contributed by atoms with Gasteiger partial charge in [-0.05, 0) is 30.9 Å². The topological polar surface area (TPSA) is 56.8 Å². The van der Waals surface area contributed by atoms with E-state index in [0.29, 0.717) is 26.4 Å². The first kappa shape index (κ1) is 15.0. The molecule has 0 saturated carbocycles. The summed E-state index contributed by atoms with van der Waals surface area (Å²) in [5, 5.41) is 3.08. The second kappa shape index (κ2) is 7.40. The Balaban J connectivity index is 2.01. The highest BCUT2D eigenvalue weighted by Gasteiger charge is 2.15. The molecule has 2 rings (SSSR count). The zero-order chi connectivity index (χ0) is 14.4. The summed E-state index contributed by atoms with van der Waals surface area (Å²) in [7, 11) is 0. The molecular weight excluding hydrogens is 278 g/mol. The first-order chi connectivity index (χ1) is 9.74. The predicted octanol–water partition coefficient (Wildman–Crippen LogP) is 1.83. The van der Waals surface area contributed by atoms with Crippen molar-refractivity contribution in [1.82, 2.24) is 5.32 Å². The number of hydrogen-bond donors (Lipinski definition) is 1. The highest BCUT2D eigenvalue weighted by molar-refractivity contribution is 7.98. The molecular formula is C14H19NO4S. The van der Waals surface area contributed by atoms with Gasteiger partial charge in [0, 0.05) is 11.4 Å². The summed E-state index contributed by atoms with van der Waals surface area (Å²) in [5.74, 6) is 1.31. The molecule has 0 bridgehead atoms. The van der Waals surface area contributed by atoms with Crippen molar-refractivity contribution in [3.63, 3.8) is 0 Å². The van der Waals surface area contributed by atoms with E-state index in [1.54, 1.807) is 18.7 Å². The van der Waals surface area contributed by atoms with Crippen LogP contribution in [0.1, 0.15) is 12.5 Å². The molecule has 0 unspecified atom stereocenters. The number of ether oxygens (including phenoxy) is 3. The van der Waals surface area contributed by atoms with E-state index in [-0.39, 0.29) is 12.5 Å². The van der Waals surface area contributed by atoms with Crippen LogP contribution >= 0.6 is 11.8 Å². The largest absolute Gasteiger partial charge is 0.486 e. The van der Waals surface area contributed by atoms with Crippen molar-refractivity contribution in [3.8, 4) is 11.5 Å². The van der Waals surface area contributed by atoms with Crippen molar-refractivity contribution in [2.24, 2.45) is 0 Å².